The second kappa shape index (κ2) is 9.31. The molecule has 2 heterocycles. The number of amides is 1. The predicted octanol–water partition coefficient (Wildman–Crippen LogP) is 1.89. The van der Waals surface area contributed by atoms with Crippen molar-refractivity contribution in [3.8, 4) is 0 Å². The van der Waals surface area contributed by atoms with Gasteiger partial charge in [0.1, 0.15) is 4.05 Å². The Morgan fingerprint density at radius 2 is 1.71 bits per heavy atom. The third kappa shape index (κ3) is 4.97. The van der Waals surface area contributed by atoms with Gasteiger partial charge in [0.25, 0.3) is 5.91 Å². The van der Waals surface area contributed by atoms with Crippen LogP contribution >= 0.6 is 22.6 Å². The number of alkyl halides is 1. The van der Waals surface area contributed by atoms with Gasteiger partial charge in [-0.1, -0.05) is 40.8 Å². The number of carbonyl (C=O) groups excluding carboxylic acids is 1. The summed E-state index contributed by atoms with van der Waals surface area (Å²) in [6, 6.07) is 14.7. The molecule has 1 amide bonds. The molecule has 31 heavy (non-hydrogen) atoms. The van der Waals surface area contributed by atoms with Crippen LogP contribution in [0.15, 0.2) is 53.4 Å². The SMILES string of the molecule is NS(=O)(=O)c1ccc(N2CCOCC2)c(C(=O)N2CCN(c3ccccc3)CC2I)c1. The second-order valence-electron chi connectivity index (χ2n) is 7.54. The van der Waals surface area contributed by atoms with E-state index in [-0.39, 0.29) is 14.9 Å². The van der Waals surface area contributed by atoms with Crippen molar-refractivity contribution in [2.24, 2.45) is 5.14 Å². The van der Waals surface area contributed by atoms with Gasteiger partial charge in [0.15, 0.2) is 0 Å². The number of nitrogens with two attached hydrogens (primary N) is 1. The first kappa shape index (κ1) is 22.3. The van der Waals surface area contributed by atoms with E-state index in [1.54, 1.807) is 6.07 Å². The van der Waals surface area contributed by atoms with Crippen molar-refractivity contribution in [2.75, 3.05) is 55.7 Å². The molecule has 10 heteroatoms. The number of morpholine rings is 1. The summed E-state index contributed by atoms with van der Waals surface area (Å²) in [7, 11) is -3.92. The third-order valence-corrected chi connectivity index (χ3v) is 7.56. The second-order valence-corrected chi connectivity index (χ2v) is 10.5. The van der Waals surface area contributed by atoms with E-state index in [0.29, 0.717) is 51.5 Å². The minimum absolute atomic E-state index is 0.0548. The summed E-state index contributed by atoms with van der Waals surface area (Å²) in [4.78, 5) is 19.7. The van der Waals surface area contributed by atoms with Gasteiger partial charge in [-0.15, -0.1) is 0 Å². The lowest BCUT2D eigenvalue weighted by Crippen LogP contribution is -2.53. The summed E-state index contributed by atoms with van der Waals surface area (Å²) in [5.74, 6) is -0.181. The lowest BCUT2D eigenvalue weighted by atomic mass is 10.1. The lowest BCUT2D eigenvalue weighted by molar-refractivity contribution is 0.0734. The molecule has 2 aliphatic rings. The fourth-order valence-corrected chi connectivity index (χ4v) is 5.49. The molecule has 2 saturated heterocycles. The molecule has 8 nitrogen and oxygen atoms in total. The lowest BCUT2D eigenvalue weighted by Gasteiger charge is -2.40. The maximum absolute atomic E-state index is 13.6. The van der Waals surface area contributed by atoms with Crippen molar-refractivity contribution in [1.82, 2.24) is 4.90 Å². The van der Waals surface area contributed by atoms with Gasteiger partial charge in [-0.25, -0.2) is 13.6 Å². The number of hydrogen-bond donors (Lipinski definition) is 1. The molecule has 166 valence electrons. The van der Waals surface area contributed by atoms with Gasteiger partial charge in [-0.3, -0.25) is 4.79 Å². The molecule has 1 unspecified atom stereocenters. The fraction of sp³-hybridized carbons (Fsp3) is 0.381. The molecule has 2 N–H and O–H groups in total. The first-order valence-corrected chi connectivity index (χ1v) is 12.9. The van der Waals surface area contributed by atoms with Gasteiger partial charge < -0.3 is 19.4 Å². The predicted molar refractivity (Wildman–Crippen MR) is 128 cm³/mol. The molecule has 0 aromatic heterocycles. The van der Waals surface area contributed by atoms with Crippen LogP contribution in [0.5, 0.6) is 0 Å². The summed E-state index contributed by atoms with van der Waals surface area (Å²) in [6.07, 6.45) is 0. The van der Waals surface area contributed by atoms with Crippen molar-refractivity contribution in [1.29, 1.82) is 0 Å². The molecule has 0 spiro atoms. The molecule has 4 rings (SSSR count). The van der Waals surface area contributed by atoms with Crippen molar-refractivity contribution < 1.29 is 17.9 Å². The average molecular weight is 556 g/mol. The van der Waals surface area contributed by atoms with Crippen LogP contribution in [-0.2, 0) is 14.8 Å². The van der Waals surface area contributed by atoms with E-state index in [2.05, 4.69) is 44.5 Å². The van der Waals surface area contributed by atoms with Crippen LogP contribution in [0.25, 0.3) is 0 Å². The molecule has 0 bridgehead atoms. The zero-order chi connectivity index (χ0) is 22.0. The van der Waals surface area contributed by atoms with Crippen LogP contribution in [0.3, 0.4) is 0 Å². The normalized spacial score (nSPS) is 20.1. The molecule has 2 aromatic rings. The number of anilines is 2. The van der Waals surface area contributed by atoms with Gasteiger partial charge in [0, 0.05) is 44.1 Å². The molecule has 2 aliphatic heterocycles. The van der Waals surface area contributed by atoms with E-state index in [4.69, 9.17) is 9.88 Å². The molecular formula is C21H25IN4O4S. The summed E-state index contributed by atoms with van der Waals surface area (Å²) in [6.45, 7) is 4.36. The largest absolute Gasteiger partial charge is 0.378 e. The fourth-order valence-electron chi connectivity index (χ4n) is 3.94. The molecule has 0 aliphatic carbocycles. The Morgan fingerprint density at radius 3 is 2.35 bits per heavy atom. The topological polar surface area (TPSA) is 96.2 Å². The quantitative estimate of drug-likeness (QED) is 0.351. The molecule has 0 radical (unpaired) electrons. The number of ether oxygens (including phenoxy) is 1. The van der Waals surface area contributed by atoms with E-state index in [0.717, 1.165) is 11.4 Å². The van der Waals surface area contributed by atoms with Crippen molar-refractivity contribution in [2.45, 2.75) is 8.94 Å². The third-order valence-electron chi connectivity index (χ3n) is 5.58. The number of sulfonamides is 1. The summed E-state index contributed by atoms with van der Waals surface area (Å²) in [5, 5.41) is 5.35. The van der Waals surface area contributed by atoms with Crippen LogP contribution < -0.4 is 14.9 Å². The average Bonchev–Trinajstić information content (AvgIpc) is 2.79. The van der Waals surface area contributed by atoms with E-state index >= 15 is 0 Å². The van der Waals surface area contributed by atoms with E-state index < -0.39 is 10.0 Å². The van der Waals surface area contributed by atoms with Crippen LogP contribution in [0.2, 0.25) is 0 Å². The standard InChI is InChI=1S/C21H25IN4O4S/c22-20-15-25(16-4-2-1-3-5-16)8-9-26(20)21(27)18-14-17(31(23,28)29)6-7-19(18)24-10-12-30-13-11-24/h1-7,14,20H,8-13,15H2,(H2,23,28,29). The maximum Gasteiger partial charge on any atom is 0.256 e. The Kier molecular flexibility index (Phi) is 6.70. The van der Waals surface area contributed by atoms with Crippen LogP contribution in [0.1, 0.15) is 10.4 Å². The molecule has 0 saturated carbocycles. The number of halogens is 1. The van der Waals surface area contributed by atoms with Crippen molar-refractivity contribution in [3.63, 3.8) is 0 Å². The Hall–Kier alpha value is -1.89. The highest BCUT2D eigenvalue weighted by atomic mass is 127. The number of piperazine rings is 1. The first-order valence-electron chi connectivity index (χ1n) is 10.1. The molecular weight excluding hydrogens is 531 g/mol. The highest BCUT2D eigenvalue weighted by molar-refractivity contribution is 14.1. The van der Waals surface area contributed by atoms with Gasteiger partial charge in [-0.05, 0) is 30.3 Å². The minimum Gasteiger partial charge on any atom is -0.378 e. The number of hydrogen-bond acceptors (Lipinski definition) is 6. The highest BCUT2D eigenvalue weighted by Crippen LogP contribution is 2.29. The number of carbonyl (C=O) groups is 1. The van der Waals surface area contributed by atoms with Gasteiger partial charge in [0.05, 0.1) is 23.7 Å². The zero-order valence-corrected chi connectivity index (χ0v) is 20.0. The Morgan fingerprint density at radius 1 is 1.00 bits per heavy atom. The first-order chi connectivity index (χ1) is 14.8. The maximum atomic E-state index is 13.6. The Balaban J connectivity index is 1.62. The summed E-state index contributed by atoms with van der Waals surface area (Å²) < 4.78 is 29.3. The molecule has 1 atom stereocenters. The van der Waals surface area contributed by atoms with E-state index in [1.807, 2.05) is 23.1 Å². The van der Waals surface area contributed by atoms with Crippen LogP contribution in [-0.4, -0.2) is 69.2 Å². The number of benzene rings is 2. The molecule has 2 fully saturated rings. The van der Waals surface area contributed by atoms with Gasteiger partial charge >= 0.3 is 0 Å². The Bertz CT molecular complexity index is 1040. The number of para-hydroxylation sites is 1. The smallest absolute Gasteiger partial charge is 0.256 e. The summed E-state index contributed by atoms with van der Waals surface area (Å²) in [5.41, 5.74) is 2.21. The van der Waals surface area contributed by atoms with Crippen molar-refractivity contribution >= 4 is 49.9 Å². The Labute approximate surface area is 196 Å². The number of primary sulfonamides is 1. The summed E-state index contributed by atoms with van der Waals surface area (Å²) >= 11 is 2.28. The van der Waals surface area contributed by atoms with E-state index in [1.165, 1.54) is 12.1 Å². The van der Waals surface area contributed by atoms with Crippen molar-refractivity contribution in [3.05, 3.63) is 54.1 Å². The monoisotopic (exact) mass is 556 g/mol. The van der Waals surface area contributed by atoms with E-state index in [9.17, 15) is 13.2 Å². The highest BCUT2D eigenvalue weighted by Gasteiger charge is 2.32. The minimum atomic E-state index is -3.92. The van der Waals surface area contributed by atoms with Crippen LogP contribution in [0.4, 0.5) is 11.4 Å². The molecule has 2 aromatic carbocycles. The number of rotatable bonds is 4. The van der Waals surface area contributed by atoms with Crippen LogP contribution in [0, 0.1) is 0 Å². The van der Waals surface area contributed by atoms with Gasteiger partial charge in [0.2, 0.25) is 10.0 Å². The number of nitrogens with zero attached hydrogens (tertiary/aromatic N) is 3. The van der Waals surface area contributed by atoms with Gasteiger partial charge in [-0.2, -0.15) is 0 Å². The zero-order valence-electron chi connectivity index (χ0n) is 17.0.